The summed E-state index contributed by atoms with van der Waals surface area (Å²) in [5.41, 5.74) is 3.03. The molecule has 3 aromatic rings. The van der Waals surface area contributed by atoms with Gasteiger partial charge in [0, 0.05) is 36.0 Å². The highest BCUT2D eigenvalue weighted by Gasteiger charge is 2.31. The molecule has 1 aliphatic carbocycles. The first-order valence-electron chi connectivity index (χ1n) is 9.96. The van der Waals surface area contributed by atoms with E-state index in [1.54, 1.807) is 28.9 Å². The number of nitrogens with one attached hydrogen (secondary N) is 2. The van der Waals surface area contributed by atoms with Gasteiger partial charge in [0.15, 0.2) is 5.65 Å². The van der Waals surface area contributed by atoms with Gasteiger partial charge in [0.1, 0.15) is 11.6 Å². The van der Waals surface area contributed by atoms with Gasteiger partial charge in [-0.1, -0.05) is 0 Å². The molecule has 2 aromatic heterocycles. The summed E-state index contributed by atoms with van der Waals surface area (Å²) >= 11 is 0. The molecule has 9 heteroatoms. The van der Waals surface area contributed by atoms with Gasteiger partial charge < -0.3 is 10.6 Å². The fraction of sp³-hybridized carbons (Fsp3) is 0.227. The van der Waals surface area contributed by atoms with Crippen LogP contribution >= 0.6 is 0 Å². The third-order valence-electron chi connectivity index (χ3n) is 5.34. The lowest BCUT2D eigenvalue weighted by Crippen LogP contribution is -2.23. The Hall–Kier alpha value is -4.19. The molecule has 1 saturated carbocycles. The van der Waals surface area contributed by atoms with Crippen LogP contribution in [0.4, 0.5) is 17.3 Å². The highest BCUT2D eigenvalue weighted by atomic mass is 16.2. The number of aromatic nitrogens is 3. The van der Waals surface area contributed by atoms with Crippen molar-refractivity contribution in [1.29, 1.82) is 5.26 Å². The van der Waals surface area contributed by atoms with Gasteiger partial charge in [-0.05, 0) is 43.2 Å². The number of imide groups is 1. The lowest BCUT2D eigenvalue weighted by molar-refractivity contribution is -0.135. The van der Waals surface area contributed by atoms with Gasteiger partial charge in [-0.25, -0.2) is 4.98 Å². The van der Waals surface area contributed by atoms with Crippen molar-refractivity contribution in [2.24, 2.45) is 0 Å². The second-order valence-corrected chi connectivity index (χ2v) is 7.70. The van der Waals surface area contributed by atoms with Crippen LogP contribution in [0.5, 0.6) is 0 Å². The van der Waals surface area contributed by atoms with Gasteiger partial charge in [-0.15, -0.1) is 0 Å². The summed E-state index contributed by atoms with van der Waals surface area (Å²) in [7, 11) is 1.48. The molecule has 31 heavy (non-hydrogen) atoms. The number of carbonyl (C=O) groups is 2. The summed E-state index contributed by atoms with van der Waals surface area (Å²) in [4.78, 5) is 30.0. The third kappa shape index (κ3) is 3.59. The molecule has 1 aromatic carbocycles. The van der Waals surface area contributed by atoms with E-state index in [2.05, 4.69) is 21.8 Å². The molecule has 3 heterocycles. The maximum absolute atomic E-state index is 12.3. The first-order chi connectivity index (χ1) is 15.0. The Morgan fingerprint density at radius 1 is 1.23 bits per heavy atom. The Bertz CT molecular complexity index is 1280. The van der Waals surface area contributed by atoms with Crippen LogP contribution in [0, 0.1) is 11.3 Å². The molecule has 0 unspecified atom stereocenters. The van der Waals surface area contributed by atoms with Crippen LogP contribution in [0.2, 0.25) is 0 Å². The standard InChI is InChI=1S/C22H19N7O2/c1-28-20(30)9-14(22(28)31)8-15-12-24-29-19(26-17-6-7-17)10-18(27-21(15)29)25-16-4-2-13(11-23)3-5-16/h2-5,8,10,12,17,26H,6-7,9H2,1H3,(H,25,27)/b14-8+. The van der Waals surface area contributed by atoms with Crippen molar-refractivity contribution >= 4 is 40.9 Å². The number of likely N-dealkylation sites (tertiary alicyclic amines) is 1. The normalized spacial score (nSPS) is 17.4. The summed E-state index contributed by atoms with van der Waals surface area (Å²) < 4.78 is 1.71. The van der Waals surface area contributed by atoms with Gasteiger partial charge in [0.2, 0.25) is 5.91 Å². The van der Waals surface area contributed by atoms with Crippen LogP contribution in [0.1, 0.15) is 30.4 Å². The van der Waals surface area contributed by atoms with Crippen molar-refractivity contribution in [3.63, 3.8) is 0 Å². The van der Waals surface area contributed by atoms with Crippen molar-refractivity contribution in [1.82, 2.24) is 19.5 Å². The molecule has 9 nitrogen and oxygen atoms in total. The van der Waals surface area contributed by atoms with Crippen LogP contribution in [-0.2, 0) is 9.59 Å². The van der Waals surface area contributed by atoms with Crippen molar-refractivity contribution < 1.29 is 9.59 Å². The SMILES string of the molecule is CN1C(=O)C/C(=C\c2cnn3c(NC4CC4)cc(Nc4ccc(C#N)cc4)nc23)C1=O. The Balaban J connectivity index is 1.55. The molecule has 1 saturated heterocycles. The molecule has 0 atom stereocenters. The number of nitrogens with zero attached hydrogens (tertiary/aromatic N) is 5. The van der Waals surface area contributed by atoms with E-state index >= 15 is 0 Å². The zero-order valence-corrected chi connectivity index (χ0v) is 16.8. The first kappa shape index (κ1) is 18.8. The zero-order chi connectivity index (χ0) is 21.5. The van der Waals surface area contributed by atoms with Crippen LogP contribution in [0.15, 0.2) is 42.1 Å². The van der Waals surface area contributed by atoms with Crippen molar-refractivity contribution in [2.45, 2.75) is 25.3 Å². The molecule has 2 fully saturated rings. The molecule has 0 radical (unpaired) electrons. The number of nitriles is 1. The number of amides is 2. The van der Waals surface area contributed by atoms with Crippen molar-refractivity contribution in [3.8, 4) is 6.07 Å². The number of likely N-dealkylation sites (N-methyl/N-ethyl adjacent to an activating group) is 1. The third-order valence-corrected chi connectivity index (χ3v) is 5.34. The highest BCUT2D eigenvalue weighted by Crippen LogP contribution is 2.29. The van der Waals surface area contributed by atoms with E-state index in [1.807, 2.05) is 18.2 Å². The van der Waals surface area contributed by atoms with Gasteiger partial charge in [0.05, 0.1) is 24.3 Å². The van der Waals surface area contributed by atoms with E-state index in [4.69, 9.17) is 10.2 Å². The first-order valence-corrected chi connectivity index (χ1v) is 9.96. The van der Waals surface area contributed by atoms with Crippen LogP contribution < -0.4 is 10.6 Å². The van der Waals surface area contributed by atoms with E-state index in [-0.39, 0.29) is 18.2 Å². The average Bonchev–Trinajstić information content (AvgIpc) is 3.45. The summed E-state index contributed by atoms with van der Waals surface area (Å²) in [6, 6.07) is 11.5. The van der Waals surface area contributed by atoms with E-state index < -0.39 is 0 Å². The minimum atomic E-state index is -0.299. The number of hydrogen-bond acceptors (Lipinski definition) is 7. The number of hydrogen-bond donors (Lipinski definition) is 2. The van der Waals surface area contributed by atoms with Crippen LogP contribution in [-0.4, -0.2) is 44.4 Å². The van der Waals surface area contributed by atoms with Gasteiger partial charge in [0.25, 0.3) is 5.91 Å². The maximum Gasteiger partial charge on any atom is 0.256 e. The van der Waals surface area contributed by atoms with Crippen molar-refractivity contribution in [2.75, 3.05) is 17.7 Å². The van der Waals surface area contributed by atoms with E-state index in [0.29, 0.717) is 34.2 Å². The predicted molar refractivity (Wildman–Crippen MR) is 114 cm³/mol. The Morgan fingerprint density at radius 3 is 2.65 bits per heavy atom. The number of benzene rings is 1. The summed E-state index contributed by atoms with van der Waals surface area (Å²) in [5.74, 6) is 0.873. The van der Waals surface area contributed by atoms with E-state index in [9.17, 15) is 9.59 Å². The quantitative estimate of drug-likeness (QED) is 0.488. The monoisotopic (exact) mass is 413 g/mol. The fourth-order valence-corrected chi connectivity index (χ4v) is 3.45. The molecule has 5 rings (SSSR count). The zero-order valence-electron chi connectivity index (χ0n) is 16.8. The number of rotatable bonds is 5. The number of carbonyl (C=O) groups excluding carboxylic acids is 2. The molecular formula is C22H19N7O2. The summed E-state index contributed by atoms with van der Waals surface area (Å²) in [6.07, 6.45) is 5.61. The van der Waals surface area contributed by atoms with E-state index in [1.165, 1.54) is 7.05 Å². The van der Waals surface area contributed by atoms with Gasteiger partial charge >= 0.3 is 0 Å². The second kappa shape index (κ2) is 7.25. The smallest absolute Gasteiger partial charge is 0.256 e. The minimum Gasteiger partial charge on any atom is -0.367 e. The van der Waals surface area contributed by atoms with Crippen molar-refractivity contribution in [3.05, 3.63) is 53.2 Å². The molecule has 1 aliphatic heterocycles. The second-order valence-electron chi connectivity index (χ2n) is 7.70. The molecule has 2 amide bonds. The minimum absolute atomic E-state index is 0.0725. The number of anilines is 3. The molecular weight excluding hydrogens is 394 g/mol. The lowest BCUT2D eigenvalue weighted by atomic mass is 10.1. The van der Waals surface area contributed by atoms with Gasteiger partial charge in [-0.3, -0.25) is 14.5 Å². The number of fused-ring (bicyclic) bond motifs is 1. The molecule has 0 bridgehead atoms. The fourth-order valence-electron chi connectivity index (χ4n) is 3.45. The topological polar surface area (TPSA) is 115 Å². The average molecular weight is 413 g/mol. The van der Waals surface area contributed by atoms with Crippen LogP contribution in [0.25, 0.3) is 11.7 Å². The highest BCUT2D eigenvalue weighted by molar-refractivity contribution is 6.15. The predicted octanol–water partition coefficient (Wildman–Crippen LogP) is 2.69. The Morgan fingerprint density at radius 2 is 2.00 bits per heavy atom. The lowest BCUT2D eigenvalue weighted by Gasteiger charge is -2.11. The van der Waals surface area contributed by atoms with E-state index in [0.717, 1.165) is 29.2 Å². The summed E-state index contributed by atoms with van der Waals surface area (Å²) in [6.45, 7) is 0. The molecule has 2 N–H and O–H groups in total. The molecule has 154 valence electrons. The Kier molecular flexibility index (Phi) is 4.40. The maximum atomic E-state index is 12.3. The van der Waals surface area contributed by atoms with Gasteiger partial charge in [-0.2, -0.15) is 14.9 Å². The molecule has 0 spiro atoms. The summed E-state index contributed by atoms with van der Waals surface area (Å²) in [5, 5.41) is 20.2. The largest absolute Gasteiger partial charge is 0.367 e. The Labute approximate surface area is 178 Å². The molecule has 2 aliphatic rings. The van der Waals surface area contributed by atoms with Crippen LogP contribution in [0.3, 0.4) is 0 Å².